The molecule has 18 heavy (non-hydrogen) atoms. The van der Waals surface area contributed by atoms with Crippen LogP contribution in [-0.2, 0) is 9.31 Å². The van der Waals surface area contributed by atoms with Crippen LogP contribution < -0.4 is 5.46 Å². The van der Waals surface area contributed by atoms with E-state index in [4.69, 9.17) is 15.9 Å². The zero-order valence-corrected chi connectivity index (χ0v) is 11.0. The highest BCUT2D eigenvalue weighted by atomic mass is 19.1. The van der Waals surface area contributed by atoms with Crippen molar-refractivity contribution in [1.82, 2.24) is 0 Å². The summed E-state index contributed by atoms with van der Waals surface area (Å²) in [6.45, 7) is 14.7. The molecule has 1 aromatic rings. The summed E-state index contributed by atoms with van der Waals surface area (Å²) in [6.07, 6.45) is 0. The van der Waals surface area contributed by atoms with Crippen LogP contribution in [0, 0.1) is 12.4 Å². The largest absolute Gasteiger partial charge is 0.493 e. The highest BCUT2D eigenvalue weighted by Gasteiger charge is 2.51. The maximum atomic E-state index is 13.4. The molecule has 94 valence electrons. The third kappa shape index (κ3) is 2.14. The fourth-order valence-corrected chi connectivity index (χ4v) is 1.78. The molecule has 0 amide bonds. The normalized spacial score (nSPS) is 20.8. The molecule has 1 aromatic carbocycles. The average Bonchev–Trinajstić information content (AvgIpc) is 2.47. The second-order valence-corrected chi connectivity index (χ2v) is 5.44. The Bertz CT molecular complexity index is 506. The molecule has 1 heterocycles. The van der Waals surface area contributed by atoms with Crippen LogP contribution in [0.3, 0.4) is 0 Å². The van der Waals surface area contributed by atoms with E-state index in [1.54, 1.807) is 6.07 Å². The van der Waals surface area contributed by atoms with Crippen molar-refractivity contribution in [3.05, 3.63) is 35.4 Å². The summed E-state index contributed by atoms with van der Waals surface area (Å²) in [5.74, 6) is -0.451. The van der Waals surface area contributed by atoms with Crippen molar-refractivity contribution < 1.29 is 13.7 Å². The number of hydrogen-bond acceptors (Lipinski definition) is 2. The van der Waals surface area contributed by atoms with Crippen molar-refractivity contribution in [1.29, 1.82) is 0 Å². The first kappa shape index (κ1) is 13.1. The molecule has 1 saturated heterocycles. The Morgan fingerprint density at radius 2 is 1.67 bits per heavy atom. The van der Waals surface area contributed by atoms with E-state index in [2.05, 4.69) is 4.85 Å². The van der Waals surface area contributed by atoms with Crippen LogP contribution in [-0.4, -0.2) is 18.3 Å². The third-order valence-corrected chi connectivity index (χ3v) is 3.56. The summed E-state index contributed by atoms with van der Waals surface area (Å²) < 4.78 is 25.0. The summed E-state index contributed by atoms with van der Waals surface area (Å²) in [5, 5.41) is 0. The van der Waals surface area contributed by atoms with Gasteiger partial charge in [-0.05, 0) is 45.3 Å². The SMILES string of the molecule is [C-]#[N+]c1cc(F)cc(B2OC(C)(C)C(C)(C)O2)c1. The molecule has 2 rings (SSSR count). The van der Waals surface area contributed by atoms with Crippen LogP contribution in [0.2, 0.25) is 0 Å². The first-order valence-corrected chi connectivity index (χ1v) is 5.79. The lowest BCUT2D eigenvalue weighted by atomic mass is 9.79. The van der Waals surface area contributed by atoms with Gasteiger partial charge in [-0.2, -0.15) is 0 Å². The van der Waals surface area contributed by atoms with Gasteiger partial charge in [-0.3, -0.25) is 0 Å². The Labute approximate surface area is 107 Å². The minimum absolute atomic E-state index is 0.250. The van der Waals surface area contributed by atoms with Gasteiger partial charge in [-0.15, -0.1) is 0 Å². The maximum Gasteiger partial charge on any atom is 0.493 e. The van der Waals surface area contributed by atoms with Gasteiger partial charge in [-0.25, -0.2) is 9.24 Å². The van der Waals surface area contributed by atoms with Gasteiger partial charge >= 0.3 is 7.12 Å². The number of halogens is 1. The molecule has 0 unspecified atom stereocenters. The first-order valence-electron chi connectivity index (χ1n) is 5.79. The molecule has 0 radical (unpaired) electrons. The van der Waals surface area contributed by atoms with Gasteiger partial charge in [0.15, 0.2) is 5.69 Å². The second-order valence-electron chi connectivity index (χ2n) is 5.44. The van der Waals surface area contributed by atoms with Gasteiger partial charge < -0.3 is 9.31 Å². The molecular weight excluding hydrogens is 232 g/mol. The summed E-state index contributed by atoms with van der Waals surface area (Å²) in [7, 11) is -0.633. The predicted octanol–water partition coefficient (Wildman–Crippen LogP) is 2.68. The van der Waals surface area contributed by atoms with Gasteiger partial charge in [-0.1, -0.05) is 6.07 Å². The summed E-state index contributed by atoms with van der Waals surface area (Å²) in [4.78, 5) is 3.24. The Balaban J connectivity index is 2.36. The lowest BCUT2D eigenvalue weighted by molar-refractivity contribution is 0.00578. The molecule has 0 spiro atoms. The fourth-order valence-electron chi connectivity index (χ4n) is 1.78. The van der Waals surface area contributed by atoms with Gasteiger partial charge in [0.1, 0.15) is 5.82 Å². The standard InChI is InChI=1S/C13H15BFNO2/c1-12(2)13(3,4)18-14(17-12)9-6-10(15)8-11(7-9)16-5/h6-8H,1-4H3. The molecule has 1 fully saturated rings. The number of benzene rings is 1. The van der Waals surface area contributed by atoms with E-state index >= 15 is 0 Å². The van der Waals surface area contributed by atoms with Crippen molar-refractivity contribution in [3.8, 4) is 0 Å². The fraction of sp³-hybridized carbons (Fsp3) is 0.462. The van der Waals surface area contributed by atoms with Gasteiger partial charge in [0.05, 0.1) is 17.8 Å². The van der Waals surface area contributed by atoms with Gasteiger partial charge in [0.2, 0.25) is 0 Å². The van der Waals surface area contributed by atoms with Crippen LogP contribution in [0.1, 0.15) is 27.7 Å². The molecular formula is C13H15BFNO2. The molecule has 1 aliphatic heterocycles. The van der Waals surface area contributed by atoms with Crippen molar-refractivity contribution in [2.24, 2.45) is 0 Å². The Morgan fingerprint density at radius 3 is 2.17 bits per heavy atom. The minimum Gasteiger partial charge on any atom is -0.399 e. The van der Waals surface area contributed by atoms with E-state index in [0.29, 0.717) is 5.46 Å². The van der Waals surface area contributed by atoms with Gasteiger partial charge in [0, 0.05) is 0 Å². The molecule has 0 saturated carbocycles. The molecule has 0 N–H and O–H groups in total. The number of hydrogen-bond donors (Lipinski definition) is 0. The predicted molar refractivity (Wildman–Crippen MR) is 68.4 cm³/mol. The molecule has 3 nitrogen and oxygen atoms in total. The molecule has 0 atom stereocenters. The first-order chi connectivity index (χ1) is 8.25. The topological polar surface area (TPSA) is 22.8 Å². The number of nitrogens with zero attached hydrogens (tertiary/aromatic N) is 1. The van der Waals surface area contributed by atoms with Crippen LogP contribution in [0.25, 0.3) is 4.85 Å². The van der Waals surface area contributed by atoms with E-state index in [1.807, 2.05) is 27.7 Å². The van der Waals surface area contributed by atoms with Crippen LogP contribution in [0.15, 0.2) is 18.2 Å². The van der Waals surface area contributed by atoms with E-state index in [9.17, 15) is 4.39 Å². The quantitative estimate of drug-likeness (QED) is 0.562. The summed E-state index contributed by atoms with van der Waals surface area (Å²) >= 11 is 0. The lowest BCUT2D eigenvalue weighted by Crippen LogP contribution is -2.41. The summed E-state index contributed by atoms with van der Waals surface area (Å²) in [5.41, 5.74) is -0.149. The molecule has 5 heteroatoms. The van der Waals surface area contributed by atoms with Crippen molar-refractivity contribution in [3.63, 3.8) is 0 Å². The number of rotatable bonds is 1. The monoisotopic (exact) mass is 247 g/mol. The van der Waals surface area contributed by atoms with Crippen molar-refractivity contribution in [2.45, 2.75) is 38.9 Å². The highest BCUT2D eigenvalue weighted by Crippen LogP contribution is 2.36. The zero-order chi connectivity index (χ0) is 13.6. The van der Waals surface area contributed by atoms with E-state index in [1.165, 1.54) is 12.1 Å². The smallest absolute Gasteiger partial charge is 0.399 e. The minimum atomic E-state index is -0.633. The molecule has 0 aliphatic carbocycles. The third-order valence-electron chi connectivity index (χ3n) is 3.56. The van der Waals surface area contributed by atoms with Crippen LogP contribution in [0.4, 0.5) is 10.1 Å². The Kier molecular flexibility index (Phi) is 2.96. The van der Waals surface area contributed by atoms with Crippen molar-refractivity contribution >= 4 is 18.3 Å². The Hall–Kier alpha value is -1.38. The highest BCUT2D eigenvalue weighted by molar-refractivity contribution is 6.62. The average molecular weight is 247 g/mol. The van der Waals surface area contributed by atoms with E-state index in [0.717, 1.165) is 0 Å². The second kappa shape index (κ2) is 4.08. The van der Waals surface area contributed by atoms with Crippen LogP contribution in [0.5, 0.6) is 0 Å². The lowest BCUT2D eigenvalue weighted by Gasteiger charge is -2.32. The summed E-state index contributed by atoms with van der Waals surface area (Å²) in [6, 6.07) is 4.14. The zero-order valence-electron chi connectivity index (χ0n) is 11.0. The molecule has 0 aromatic heterocycles. The van der Waals surface area contributed by atoms with Crippen molar-refractivity contribution in [2.75, 3.05) is 0 Å². The molecule has 1 aliphatic rings. The van der Waals surface area contributed by atoms with E-state index < -0.39 is 24.1 Å². The Morgan fingerprint density at radius 1 is 1.11 bits per heavy atom. The van der Waals surface area contributed by atoms with Gasteiger partial charge in [0.25, 0.3) is 0 Å². The maximum absolute atomic E-state index is 13.4. The van der Waals surface area contributed by atoms with Crippen LogP contribution >= 0.6 is 0 Å². The van der Waals surface area contributed by atoms with E-state index in [-0.39, 0.29) is 5.69 Å². The molecule has 0 bridgehead atoms.